The van der Waals surface area contributed by atoms with Crippen LogP contribution in [0.15, 0.2) is 47.4 Å². The molecule has 0 aliphatic carbocycles. The van der Waals surface area contributed by atoms with Crippen molar-refractivity contribution in [1.29, 1.82) is 0 Å². The fourth-order valence-electron chi connectivity index (χ4n) is 4.80. The number of aromatic nitrogens is 3. The molecule has 0 fully saturated rings. The van der Waals surface area contributed by atoms with Gasteiger partial charge in [0.25, 0.3) is 17.4 Å². The van der Waals surface area contributed by atoms with Crippen LogP contribution in [0.25, 0.3) is 22.4 Å². The van der Waals surface area contributed by atoms with Gasteiger partial charge in [0.05, 0.1) is 27.8 Å². The maximum atomic E-state index is 13.7. The van der Waals surface area contributed by atoms with E-state index in [1.807, 2.05) is 13.8 Å². The van der Waals surface area contributed by atoms with E-state index in [2.05, 4.69) is 20.3 Å². The SMILES string of the molecule is Cc1ccc(F)cc1CCC(C)Nc1cc[nH]c(=O)c1-c1nc2cc3c(cc2[nH]1)C(=O)N(C(C)C)C3=O. The Morgan fingerprint density at radius 2 is 1.76 bits per heavy atom. The maximum Gasteiger partial charge on any atom is 0.261 e. The number of hydrogen-bond acceptors (Lipinski definition) is 5. The highest BCUT2D eigenvalue weighted by Gasteiger charge is 2.37. The van der Waals surface area contributed by atoms with Crippen LogP contribution in [0.2, 0.25) is 0 Å². The normalized spacial score (nSPS) is 14.1. The molecule has 9 heteroatoms. The fraction of sp³-hybridized carbons (Fsp3) is 0.286. The number of H-pyrrole nitrogens is 2. The molecular formula is C28H28FN5O3. The zero-order valence-electron chi connectivity index (χ0n) is 21.1. The van der Waals surface area contributed by atoms with Gasteiger partial charge in [0.2, 0.25) is 0 Å². The van der Waals surface area contributed by atoms with Crippen LogP contribution in [0.1, 0.15) is 59.0 Å². The molecule has 3 heterocycles. The molecule has 2 aromatic heterocycles. The third kappa shape index (κ3) is 4.41. The molecule has 1 aliphatic heterocycles. The number of amides is 2. The minimum Gasteiger partial charge on any atom is -0.382 e. The first-order chi connectivity index (χ1) is 17.6. The van der Waals surface area contributed by atoms with Gasteiger partial charge < -0.3 is 15.3 Å². The number of hydrogen-bond donors (Lipinski definition) is 3. The van der Waals surface area contributed by atoms with Crippen LogP contribution in [0.4, 0.5) is 10.1 Å². The monoisotopic (exact) mass is 501 g/mol. The number of nitrogens with zero attached hydrogens (tertiary/aromatic N) is 2. The number of fused-ring (bicyclic) bond motifs is 2. The van der Waals surface area contributed by atoms with Crippen molar-refractivity contribution >= 4 is 28.5 Å². The van der Waals surface area contributed by atoms with Gasteiger partial charge in [-0.15, -0.1) is 0 Å². The molecule has 190 valence electrons. The molecule has 3 N–H and O–H groups in total. The number of nitrogens with one attached hydrogen (secondary N) is 3. The van der Waals surface area contributed by atoms with Crippen molar-refractivity contribution in [3.05, 3.63) is 81.0 Å². The molecule has 0 spiro atoms. The van der Waals surface area contributed by atoms with E-state index in [4.69, 9.17) is 0 Å². The van der Waals surface area contributed by atoms with Crippen LogP contribution in [-0.2, 0) is 6.42 Å². The second kappa shape index (κ2) is 9.31. The van der Waals surface area contributed by atoms with Crippen molar-refractivity contribution in [2.24, 2.45) is 0 Å². The predicted octanol–water partition coefficient (Wildman–Crippen LogP) is 4.80. The van der Waals surface area contributed by atoms with Crippen LogP contribution < -0.4 is 10.9 Å². The molecule has 0 saturated heterocycles. The van der Waals surface area contributed by atoms with Crippen LogP contribution in [-0.4, -0.2) is 43.7 Å². The van der Waals surface area contributed by atoms with Gasteiger partial charge in [-0.3, -0.25) is 19.3 Å². The van der Waals surface area contributed by atoms with E-state index in [0.29, 0.717) is 45.7 Å². The second-order valence-corrected chi connectivity index (χ2v) is 9.82. The van der Waals surface area contributed by atoms with E-state index < -0.39 is 0 Å². The van der Waals surface area contributed by atoms with E-state index in [1.54, 1.807) is 50.4 Å². The first-order valence-corrected chi connectivity index (χ1v) is 12.3. The molecule has 8 nitrogen and oxygen atoms in total. The van der Waals surface area contributed by atoms with Gasteiger partial charge in [-0.1, -0.05) is 6.07 Å². The third-order valence-electron chi connectivity index (χ3n) is 6.79. The predicted molar refractivity (Wildman–Crippen MR) is 140 cm³/mol. The summed E-state index contributed by atoms with van der Waals surface area (Å²) in [7, 11) is 0. The standard InChI is InChI=1S/C28H28FN5O3/c1-14(2)34-27(36)19-12-22-23(13-20(19)28(34)37)33-25(32-22)24-21(9-10-30-26(24)35)31-16(4)6-7-17-11-18(29)8-5-15(17)3/h5,8-14,16H,6-7H2,1-4H3,(H,32,33)(H2,30,31,35). The first kappa shape index (κ1) is 24.4. The number of anilines is 1. The number of rotatable bonds is 7. The molecule has 0 saturated carbocycles. The number of carbonyl (C=O) groups excluding carboxylic acids is 2. The second-order valence-electron chi connectivity index (χ2n) is 9.82. The van der Waals surface area contributed by atoms with E-state index in [9.17, 15) is 18.8 Å². The highest BCUT2D eigenvalue weighted by atomic mass is 19.1. The zero-order chi connectivity index (χ0) is 26.4. The summed E-state index contributed by atoms with van der Waals surface area (Å²) in [5.41, 5.74) is 4.26. The summed E-state index contributed by atoms with van der Waals surface area (Å²) in [6.07, 6.45) is 2.97. The van der Waals surface area contributed by atoms with Crippen molar-refractivity contribution in [2.75, 3.05) is 5.32 Å². The molecule has 37 heavy (non-hydrogen) atoms. The van der Waals surface area contributed by atoms with Gasteiger partial charge in [0, 0.05) is 18.3 Å². The lowest BCUT2D eigenvalue weighted by Gasteiger charge is -2.17. The van der Waals surface area contributed by atoms with Gasteiger partial charge >= 0.3 is 0 Å². The van der Waals surface area contributed by atoms with Crippen LogP contribution in [0.3, 0.4) is 0 Å². The largest absolute Gasteiger partial charge is 0.382 e. The summed E-state index contributed by atoms with van der Waals surface area (Å²) in [5.74, 6) is -0.606. The molecule has 5 rings (SSSR count). The average molecular weight is 502 g/mol. The average Bonchev–Trinajstić information content (AvgIpc) is 3.36. The lowest BCUT2D eigenvalue weighted by molar-refractivity contribution is 0.0609. The fourth-order valence-corrected chi connectivity index (χ4v) is 4.80. The van der Waals surface area contributed by atoms with Gasteiger partial charge in [-0.05, 0) is 82.0 Å². The van der Waals surface area contributed by atoms with E-state index >= 15 is 0 Å². The maximum absolute atomic E-state index is 13.7. The molecule has 1 atom stereocenters. The molecule has 0 radical (unpaired) electrons. The number of halogens is 1. The van der Waals surface area contributed by atoms with Crippen molar-refractivity contribution in [3.8, 4) is 11.4 Å². The van der Waals surface area contributed by atoms with Crippen LogP contribution >= 0.6 is 0 Å². The molecular weight excluding hydrogens is 473 g/mol. The highest BCUT2D eigenvalue weighted by Crippen LogP contribution is 2.31. The third-order valence-corrected chi connectivity index (χ3v) is 6.79. The summed E-state index contributed by atoms with van der Waals surface area (Å²) in [6.45, 7) is 7.54. The first-order valence-electron chi connectivity index (χ1n) is 12.3. The van der Waals surface area contributed by atoms with Crippen molar-refractivity contribution in [1.82, 2.24) is 19.9 Å². The Hall–Kier alpha value is -4.27. The number of pyridine rings is 1. The van der Waals surface area contributed by atoms with Crippen molar-refractivity contribution in [2.45, 2.75) is 52.6 Å². The quantitative estimate of drug-likeness (QED) is 0.315. The lowest BCUT2D eigenvalue weighted by atomic mass is 10.0. The Bertz CT molecular complexity index is 1550. The van der Waals surface area contributed by atoms with Gasteiger partial charge in [-0.2, -0.15) is 0 Å². The lowest BCUT2D eigenvalue weighted by Crippen LogP contribution is -2.35. The number of aryl methyl sites for hydroxylation is 2. The number of imidazole rings is 1. The summed E-state index contributed by atoms with van der Waals surface area (Å²) in [4.78, 5) is 50.1. The topological polar surface area (TPSA) is 111 Å². The van der Waals surface area contributed by atoms with Crippen molar-refractivity contribution < 1.29 is 14.0 Å². The highest BCUT2D eigenvalue weighted by molar-refractivity contribution is 6.23. The molecule has 2 aromatic carbocycles. The van der Waals surface area contributed by atoms with Gasteiger partial charge in [0.15, 0.2) is 0 Å². The molecule has 2 amide bonds. The molecule has 1 unspecified atom stereocenters. The van der Waals surface area contributed by atoms with E-state index in [0.717, 1.165) is 17.5 Å². The Kier molecular flexibility index (Phi) is 6.15. The van der Waals surface area contributed by atoms with Crippen molar-refractivity contribution in [3.63, 3.8) is 0 Å². The summed E-state index contributed by atoms with van der Waals surface area (Å²) in [6, 6.07) is 9.50. The molecule has 1 aliphatic rings. The van der Waals surface area contributed by atoms with Gasteiger partial charge in [-0.25, -0.2) is 9.37 Å². The summed E-state index contributed by atoms with van der Waals surface area (Å²) >= 11 is 0. The number of imide groups is 1. The Morgan fingerprint density at radius 1 is 1.03 bits per heavy atom. The Balaban J connectivity index is 1.43. The van der Waals surface area contributed by atoms with E-state index in [1.165, 1.54) is 11.0 Å². The summed E-state index contributed by atoms with van der Waals surface area (Å²) in [5, 5.41) is 3.39. The molecule has 4 aromatic rings. The number of benzene rings is 2. The number of aromatic amines is 2. The zero-order valence-corrected chi connectivity index (χ0v) is 21.1. The smallest absolute Gasteiger partial charge is 0.261 e. The summed E-state index contributed by atoms with van der Waals surface area (Å²) < 4.78 is 13.7. The Morgan fingerprint density at radius 3 is 2.49 bits per heavy atom. The molecule has 0 bridgehead atoms. The minimum absolute atomic E-state index is 0.0198. The minimum atomic E-state index is -0.344. The van der Waals surface area contributed by atoms with Crippen LogP contribution in [0, 0.1) is 12.7 Å². The Labute approximate surface area is 212 Å². The van der Waals surface area contributed by atoms with Crippen LogP contribution in [0.5, 0.6) is 0 Å². The number of carbonyl (C=O) groups is 2. The van der Waals surface area contributed by atoms with E-state index in [-0.39, 0.29) is 35.3 Å². The van der Waals surface area contributed by atoms with Gasteiger partial charge in [0.1, 0.15) is 17.2 Å².